The first-order valence-corrected chi connectivity index (χ1v) is 9.20. The highest BCUT2D eigenvalue weighted by atomic mass is 35.5. The maximum Gasteiger partial charge on any atom is 0.270 e. The standard InChI is InChI=1S/C20H22ClN3O3/c1-20(2,23-10-9-14-5-3-4-6-15(14)12-23)13-22-19(25)17-8-7-16(24(26)27)11-18(17)21/h3-8,11H,9-10,12-13H2,1-2H3,(H,22,25). The van der Waals surface area contributed by atoms with Crippen LogP contribution in [0.25, 0.3) is 0 Å². The maximum absolute atomic E-state index is 12.5. The average Bonchev–Trinajstić information content (AvgIpc) is 2.65. The average molecular weight is 388 g/mol. The second-order valence-corrected chi connectivity index (χ2v) is 7.76. The Labute approximate surface area is 163 Å². The van der Waals surface area contributed by atoms with Crippen molar-refractivity contribution in [2.45, 2.75) is 32.4 Å². The second-order valence-electron chi connectivity index (χ2n) is 7.36. The van der Waals surface area contributed by atoms with Crippen LogP contribution in [0.2, 0.25) is 5.02 Å². The lowest BCUT2D eigenvalue weighted by Gasteiger charge is -2.41. The topological polar surface area (TPSA) is 75.5 Å². The number of hydrogen-bond donors (Lipinski definition) is 1. The van der Waals surface area contributed by atoms with Crippen LogP contribution in [0.5, 0.6) is 0 Å². The zero-order valence-corrected chi connectivity index (χ0v) is 16.1. The number of non-ortho nitro benzene ring substituents is 1. The first kappa shape index (κ1) is 19.3. The molecule has 2 aromatic carbocycles. The van der Waals surface area contributed by atoms with Crippen LogP contribution in [0.4, 0.5) is 5.69 Å². The van der Waals surface area contributed by atoms with Gasteiger partial charge in [-0.3, -0.25) is 19.8 Å². The maximum atomic E-state index is 12.5. The molecule has 0 aromatic heterocycles. The number of nitro benzene ring substituents is 1. The van der Waals surface area contributed by atoms with Gasteiger partial charge in [0.15, 0.2) is 0 Å². The fraction of sp³-hybridized carbons (Fsp3) is 0.350. The highest BCUT2D eigenvalue weighted by Crippen LogP contribution is 2.26. The molecule has 1 aliphatic rings. The van der Waals surface area contributed by atoms with Crippen LogP contribution < -0.4 is 5.32 Å². The number of amides is 1. The largest absolute Gasteiger partial charge is 0.350 e. The Balaban J connectivity index is 1.65. The quantitative estimate of drug-likeness (QED) is 0.625. The number of carbonyl (C=O) groups is 1. The van der Waals surface area contributed by atoms with E-state index in [9.17, 15) is 14.9 Å². The number of hydrogen-bond acceptors (Lipinski definition) is 4. The van der Waals surface area contributed by atoms with Gasteiger partial charge in [0.1, 0.15) is 0 Å². The van der Waals surface area contributed by atoms with E-state index in [-0.39, 0.29) is 27.7 Å². The van der Waals surface area contributed by atoms with Crippen molar-refractivity contribution in [2.24, 2.45) is 0 Å². The fourth-order valence-corrected chi connectivity index (χ4v) is 3.58. The van der Waals surface area contributed by atoms with Crippen LogP contribution in [-0.4, -0.2) is 34.4 Å². The minimum Gasteiger partial charge on any atom is -0.350 e. The molecule has 27 heavy (non-hydrogen) atoms. The van der Waals surface area contributed by atoms with Crippen molar-refractivity contribution in [2.75, 3.05) is 13.1 Å². The Morgan fingerprint density at radius 2 is 1.96 bits per heavy atom. The van der Waals surface area contributed by atoms with Gasteiger partial charge in [-0.25, -0.2) is 0 Å². The molecular weight excluding hydrogens is 366 g/mol. The van der Waals surface area contributed by atoms with E-state index in [4.69, 9.17) is 11.6 Å². The molecule has 2 aromatic rings. The van der Waals surface area contributed by atoms with Crippen molar-refractivity contribution >= 4 is 23.2 Å². The fourth-order valence-electron chi connectivity index (χ4n) is 3.32. The summed E-state index contributed by atoms with van der Waals surface area (Å²) in [6.07, 6.45) is 0.988. The molecule has 3 rings (SSSR count). The number of rotatable bonds is 5. The summed E-state index contributed by atoms with van der Waals surface area (Å²) < 4.78 is 0. The van der Waals surface area contributed by atoms with E-state index in [0.29, 0.717) is 6.54 Å². The van der Waals surface area contributed by atoms with Gasteiger partial charge in [0.05, 0.1) is 15.5 Å². The lowest BCUT2D eigenvalue weighted by molar-refractivity contribution is -0.384. The van der Waals surface area contributed by atoms with E-state index in [1.54, 1.807) is 0 Å². The zero-order chi connectivity index (χ0) is 19.6. The summed E-state index contributed by atoms with van der Waals surface area (Å²) in [7, 11) is 0. The Morgan fingerprint density at radius 3 is 2.63 bits per heavy atom. The third-order valence-corrected chi connectivity index (χ3v) is 5.39. The molecule has 142 valence electrons. The van der Waals surface area contributed by atoms with Crippen LogP contribution in [0.1, 0.15) is 35.3 Å². The van der Waals surface area contributed by atoms with E-state index in [1.165, 1.54) is 29.3 Å². The first-order valence-electron chi connectivity index (χ1n) is 8.82. The SMILES string of the molecule is CC(C)(CNC(=O)c1ccc([N+](=O)[O-])cc1Cl)N1CCc2ccccc2C1. The first-order chi connectivity index (χ1) is 12.8. The Morgan fingerprint density at radius 1 is 1.26 bits per heavy atom. The van der Waals surface area contributed by atoms with E-state index in [2.05, 4.69) is 42.3 Å². The molecule has 0 fully saturated rings. The molecule has 0 radical (unpaired) electrons. The van der Waals surface area contributed by atoms with Crippen LogP contribution in [0.15, 0.2) is 42.5 Å². The molecular formula is C20H22ClN3O3. The summed E-state index contributed by atoms with van der Waals surface area (Å²) in [5.74, 6) is -0.333. The summed E-state index contributed by atoms with van der Waals surface area (Å²) >= 11 is 6.05. The monoisotopic (exact) mass is 387 g/mol. The van der Waals surface area contributed by atoms with Gasteiger partial charge in [-0.2, -0.15) is 0 Å². The third kappa shape index (κ3) is 4.28. The van der Waals surface area contributed by atoms with Crippen LogP contribution >= 0.6 is 11.6 Å². The van der Waals surface area contributed by atoms with E-state index < -0.39 is 4.92 Å². The van der Waals surface area contributed by atoms with E-state index >= 15 is 0 Å². The van der Waals surface area contributed by atoms with Gasteiger partial charge >= 0.3 is 0 Å². The van der Waals surface area contributed by atoms with Crippen molar-refractivity contribution in [1.82, 2.24) is 10.2 Å². The molecule has 7 heteroatoms. The Kier molecular flexibility index (Phi) is 5.48. The number of carbonyl (C=O) groups excluding carboxylic acids is 1. The van der Waals surface area contributed by atoms with Crippen molar-refractivity contribution in [3.63, 3.8) is 0 Å². The van der Waals surface area contributed by atoms with Gasteiger partial charge in [-0.1, -0.05) is 35.9 Å². The van der Waals surface area contributed by atoms with Gasteiger partial charge in [0, 0.05) is 37.3 Å². The summed E-state index contributed by atoms with van der Waals surface area (Å²) in [6, 6.07) is 12.3. The van der Waals surface area contributed by atoms with Gasteiger partial charge in [-0.15, -0.1) is 0 Å². The van der Waals surface area contributed by atoms with E-state index in [0.717, 1.165) is 19.5 Å². The minimum atomic E-state index is -0.537. The van der Waals surface area contributed by atoms with Crippen LogP contribution in [0, 0.1) is 10.1 Å². The molecule has 0 bridgehead atoms. The number of nitro groups is 1. The molecule has 1 amide bonds. The molecule has 0 saturated carbocycles. The third-order valence-electron chi connectivity index (χ3n) is 5.08. The Hall–Kier alpha value is -2.44. The van der Waals surface area contributed by atoms with E-state index in [1.807, 2.05) is 6.07 Å². The van der Waals surface area contributed by atoms with Crippen molar-refractivity contribution in [3.05, 3.63) is 74.3 Å². The number of fused-ring (bicyclic) bond motifs is 1. The lowest BCUT2D eigenvalue weighted by atomic mass is 9.94. The van der Waals surface area contributed by atoms with Crippen molar-refractivity contribution < 1.29 is 9.72 Å². The van der Waals surface area contributed by atoms with Crippen molar-refractivity contribution in [3.8, 4) is 0 Å². The predicted molar refractivity (Wildman–Crippen MR) is 105 cm³/mol. The normalized spacial score (nSPS) is 14.5. The smallest absolute Gasteiger partial charge is 0.270 e. The number of nitrogens with one attached hydrogen (secondary N) is 1. The summed E-state index contributed by atoms with van der Waals surface area (Å²) in [5, 5.41) is 13.8. The molecule has 0 saturated heterocycles. The molecule has 1 aliphatic heterocycles. The highest BCUT2D eigenvalue weighted by molar-refractivity contribution is 6.34. The second kappa shape index (κ2) is 7.66. The summed E-state index contributed by atoms with van der Waals surface area (Å²) in [6.45, 7) is 6.41. The molecule has 0 unspecified atom stereocenters. The van der Waals surface area contributed by atoms with Crippen molar-refractivity contribution in [1.29, 1.82) is 0 Å². The molecule has 1 heterocycles. The molecule has 1 N–H and O–H groups in total. The Bertz CT molecular complexity index is 883. The zero-order valence-electron chi connectivity index (χ0n) is 15.4. The van der Waals surface area contributed by atoms with Crippen LogP contribution in [-0.2, 0) is 13.0 Å². The molecule has 0 atom stereocenters. The number of benzene rings is 2. The summed E-state index contributed by atoms with van der Waals surface area (Å²) in [5.41, 5.74) is 2.56. The summed E-state index contributed by atoms with van der Waals surface area (Å²) in [4.78, 5) is 25.1. The minimum absolute atomic E-state index is 0.0754. The van der Waals surface area contributed by atoms with Crippen LogP contribution in [0.3, 0.4) is 0 Å². The van der Waals surface area contributed by atoms with Gasteiger partial charge in [-0.05, 0) is 37.5 Å². The van der Waals surface area contributed by atoms with Gasteiger partial charge in [0.2, 0.25) is 0 Å². The molecule has 6 nitrogen and oxygen atoms in total. The van der Waals surface area contributed by atoms with Gasteiger partial charge in [0.25, 0.3) is 11.6 Å². The number of halogens is 1. The molecule has 0 aliphatic carbocycles. The van der Waals surface area contributed by atoms with Gasteiger partial charge < -0.3 is 5.32 Å². The lowest BCUT2D eigenvalue weighted by Crippen LogP contribution is -2.53. The number of nitrogens with zero attached hydrogens (tertiary/aromatic N) is 2. The predicted octanol–water partition coefficient (Wildman–Crippen LogP) is 3.81. The highest BCUT2D eigenvalue weighted by Gasteiger charge is 2.30. The molecule has 0 spiro atoms.